The van der Waals surface area contributed by atoms with Gasteiger partial charge in [0, 0.05) is 29.5 Å². The fraction of sp³-hybridized carbons (Fsp3) is 0.448. The Kier molecular flexibility index (Phi) is 5.57. The van der Waals surface area contributed by atoms with Crippen molar-refractivity contribution < 1.29 is 18.8 Å². The number of benzene rings is 2. The van der Waals surface area contributed by atoms with E-state index in [4.69, 9.17) is 19.0 Å². The molecule has 1 aromatic heterocycles. The molecule has 0 N–H and O–H groups in total. The van der Waals surface area contributed by atoms with Crippen molar-refractivity contribution in [2.24, 2.45) is 11.8 Å². The number of piperidine rings is 1. The molecular weight excluding hydrogens is 468 g/mol. The van der Waals surface area contributed by atoms with Crippen molar-refractivity contribution in [3.63, 3.8) is 0 Å². The molecule has 3 heterocycles. The van der Waals surface area contributed by atoms with Crippen molar-refractivity contribution in [2.75, 3.05) is 6.61 Å². The number of hydrogen-bond acceptors (Lipinski definition) is 7. The van der Waals surface area contributed by atoms with Crippen molar-refractivity contribution >= 4 is 5.91 Å². The van der Waals surface area contributed by atoms with Gasteiger partial charge in [-0.2, -0.15) is 10.2 Å². The average molecular weight is 499 g/mol. The van der Waals surface area contributed by atoms with Gasteiger partial charge in [0.05, 0.1) is 24.3 Å². The van der Waals surface area contributed by atoms with Gasteiger partial charge in [0.25, 0.3) is 5.89 Å². The van der Waals surface area contributed by atoms with Gasteiger partial charge in [-0.05, 0) is 55.9 Å². The molecule has 6 rings (SSSR count). The minimum atomic E-state index is -0.723. The van der Waals surface area contributed by atoms with E-state index in [2.05, 4.69) is 31.1 Å². The molecule has 3 aromatic rings. The topological polar surface area (TPSA) is 101 Å². The number of nitriles is 1. The monoisotopic (exact) mass is 498 g/mol. The smallest absolute Gasteiger partial charge is 0.258 e. The van der Waals surface area contributed by atoms with Gasteiger partial charge in [-0.25, -0.2) is 0 Å². The van der Waals surface area contributed by atoms with Crippen LogP contribution in [0.1, 0.15) is 57.2 Å². The lowest BCUT2D eigenvalue weighted by atomic mass is 9.71. The number of rotatable bonds is 5. The van der Waals surface area contributed by atoms with Crippen LogP contribution in [0.2, 0.25) is 0 Å². The summed E-state index contributed by atoms with van der Waals surface area (Å²) in [4.78, 5) is 20.0. The highest BCUT2D eigenvalue weighted by Gasteiger charge is 2.58. The Labute approximate surface area is 216 Å². The Morgan fingerprint density at radius 2 is 2.03 bits per heavy atom. The minimum absolute atomic E-state index is 0.0398. The van der Waals surface area contributed by atoms with Gasteiger partial charge in [0.1, 0.15) is 11.8 Å². The first-order valence-corrected chi connectivity index (χ1v) is 12.9. The van der Waals surface area contributed by atoms with Crippen molar-refractivity contribution in [3.05, 3.63) is 53.1 Å². The van der Waals surface area contributed by atoms with Gasteiger partial charge < -0.3 is 18.9 Å². The molecule has 2 bridgehead atoms. The van der Waals surface area contributed by atoms with E-state index in [1.807, 2.05) is 36.9 Å². The molecular formula is C29H30N4O4. The predicted molar refractivity (Wildman–Crippen MR) is 135 cm³/mol. The molecule has 1 spiro atoms. The zero-order valence-electron chi connectivity index (χ0n) is 21.5. The molecule has 1 aliphatic carbocycles. The maximum atomic E-state index is 13.2. The number of amides is 1. The zero-order chi connectivity index (χ0) is 25.9. The Hall–Kier alpha value is -3.70. The molecule has 1 amide bonds. The molecule has 0 radical (unpaired) electrons. The van der Waals surface area contributed by atoms with E-state index in [0.29, 0.717) is 47.5 Å². The lowest BCUT2D eigenvalue weighted by Crippen LogP contribution is -2.57. The highest BCUT2D eigenvalue weighted by Crippen LogP contribution is 2.54. The summed E-state index contributed by atoms with van der Waals surface area (Å²) >= 11 is 0. The van der Waals surface area contributed by atoms with Gasteiger partial charge >= 0.3 is 0 Å². The van der Waals surface area contributed by atoms with E-state index in [1.165, 1.54) is 0 Å². The molecule has 3 atom stereocenters. The van der Waals surface area contributed by atoms with Crippen LogP contribution in [0.5, 0.6) is 5.75 Å². The molecule has 190 valence electrons. The lowest BCUT2D eigenvalue weighted by Gasteiger charge is -2.50. The number of ether oxygens (including phenoxy) is 2. The molecule has 2 unspecified atom stereocenters. The summed E-state index contributed by atoms with van der Waals surface area (Å²) in [6.07, 6.45) is 2.08. The fourth-order valence-corrected chi connectivity index (χ4v) is 6.17. The number of hydrogen-bond donors (Lipinski definition) is 0. The highest BCUT2D eigenvalue weighted by atomic mass is 16.5. The van der Waals surface area contributed by atoms with Gasteiger partial charge in [-0.15, -0.1) is 0 Å². The summed E-state index contributed by atoms with van der Waals surface area (Å²) in [7, 11) is 0. The first-order chi connectivity index (χ1) is 17.8. The first kappa shape index (κ1) is 23.7. The molecule has 37 heavy (non-hydrogen) atoms. The number of nitrogens with zero attached hydrogens (tertiary/aromatic N) is 4. The number of carbonyl (C=O) groups excluding carboxylic acids is 1. The van der Waals surface area contributed by atoms with Crippen molar-refractivity contribution in [1.29, 1.82) is 5.26 Å². The molecule has 2 saturated heterocycles. The van der Waals surface area contributed by atoms with Crippen molar-refractivity contribution in [1.82, 2.24) is 15.0 Å². The van der Waals surface area contributed by atoms with Crippen LogP contribution in [0.15, 0.2) is 40.9 Å². The number of fused-ring (bicyclic) bond motifs is 2. The normalized spacial score (nSPS) is 24.2. The molecule has 8 nitrogen and oxygen atoms in total. The first-order valence-electron chi connectivity index (χ1n) is 12.9. The van der Waals surface area contributed by atoms with E-state index < -0.39 is 5.72 Å². The summed E-state index contributed by atoms with van der Waals surface area (Å²) in [5.74, 6) is 2.05. The summed E-state index contributed by atoms with van der Waals surface area (Å²) < 4.78 is 17.9. The van der Waals surface area contributed by atoms with Gasteiger partial charge in [0.2, 0.25) is 11.7 Å². The third kappa shape index (κ3) is 3.72. The van der Waals surface area contributed by atoms with Crippen LogP contribution in [0.3, 0.4) is 0 Å². The summed E-state index contributed by atoms with van der Waals surface area (Å²) in [5, 5.41) is 13.9. The Bertz CT molecular complexity index is 1420. The SMILES string of the molecule is CC(C)Oc1ccc(-c2nc(-c3cccc4c3CC3CC(=O)N5[C@H](C(C)C)COC45C3)no2)cc1C#N. The number of aromatic nitrogens is 2. The van der Waals surface area contributed by atoms with Crippen molar-refractivity contribution in [2.45, 2.75) is 64.8 Å². The third-order valence-electron chi connectivity index (χ3n) is 7.75. The highest BCUT2D eigenvalue weighted by molar-refractivity contribution is 5.80. The largest absolute Gasteiger partial charge is 0.490 e. The van der Waals surface area contributed by atoms with Crippen LogP contribution in [0.25, 0.3) is 22.8 Å². The molecule has 3 aliphatic rings. The van der Waals surface area contributed by atoms with Crippen LogP contribution < -0.4 is 4.74 Å². The maximum absolute atomic E-state index is 13.2. The Morgan fingerprint density at radius 3 is 2.78 bits per heavy atom. The molecule has 8 heteroatoms. The predicted octanol–water partition coefficient (Wildman–Crippen LogP) is 5.06. The van der Waals surface area contributed by atoms with E-state index in [9.17, 15) is 10.1 Å². The average Bonchev–Trinajstić information content (AvgIpc) is 3.50. The van der Waals surface area contributed by atoms with Gasteiger partial charge in [-0.1, -0.05) is 37.2 Å². The van der Waals surface area contributed by atoms with Gasteiger partial charge in [-0.3, -0.25) is 4.79 Å². The van der Waals surface area contributed by atoms with Crippen LogP contribution in [-0.2, 0) is 21.7 Å². The second-order valence-electron chi connectivity index (χ2n) is 10.9. The Balaban J connectivity index is 1.39. The maximum Gasteiger partial charge on any atom is 0.258 e. The zero-order valence-corrected chi connectivity index (χ0v) is 21.5. The molecule has 2 aliphatic heterocycles. The molecule has 2 fully saturated rings. The fourth-order valence-electron chi connectivity index (χ4n) is 6.17. The van der Waals surface area contributed by atoms with E-state index in [0.717, 1.165) is 29.5 Å². The van der Waals surface area contributed by atoms with E-state index >= 15 is 0 Å². The summed E-state index contributed by atoms with van der Waals surface area (Å²) in [6, 6.07) is 13.6. The van der Waals surface area contributed by atoms with E-state index in [1.54, 1.807) is 12.1 Å². The third-order valence-corrected chi connectivity index (χ3v) is 7.75. The second kappa shape index (κ2) is 8.70. The molecule has 2 aromatic carbocycles. The Morgan fingerprint density at radius 1 is 1.19 bits per heavy atom. The molecule has 0 saturated carbocycles. The summed E-state index contributed by atoms with van der Waals surface area (Å²) in [5.41, 5.74) is 3.39. The second-order valence-corrected chi connectivity index (χ2v) is 10.9. The van der Waals surface area contributed by atoms with Crippen LogP contribution in [0, 0.1) is 23.2 Å². The standard InChI is InChI=1S/C29H30N4O4/c1-16(2)24-15-35-29-13-18(11-26(34)33(24)29)10-22-21(6-5-7-23(22)29)27-31-28(37-32-27)19-8-9-25(36-17(3)4)20(12-19)14-30/h5-9,12,16-18,24H,10-11,13,15H2,1-4H3/t18?,24-,29?/m0/s1. The van der Waals surface area contributed by atoms with Crippen LogP contribution in [-0.4, -0.2) is 39.7 Å². The summed E-state index contributed by atoms with van der Waals surface area (Å²) in [6.45, 7) is 8.67. The van der Waals surface area contributed by atoms with Crippen LogP contribution >= 0.6 is 0 Å². The van der Waals surface area contributed by atoms with Crippen molar-refractivity contribution in [3.8, 4) is 34.7 Å². The minimum Gasteiger partial charge on any atom is -0.490 e. The number of carbonyl (C=O) groups is 1. The van der Waals surface area contributed by atoms with Crippen LogP contribution in [0.4, 0.5) is 0 Å². The lowest BCUT2D eigenvalue weighted by molar-refractivity contribution is -0.173. The van der Waals surface area contributed by atoms with Gasteiger partial charge in [0.15, 0.2) is 5.72 Å². The quantitative estimate of drug-likeness (QED) is 0.484. The van der Waals surface area contributed by atoms with E-state index in [-0.39, 0.29) is 24.0 Å².